The molecule has 0 saturated heterocycles. The topological polar surface area (TPSA) is 46.0 Å². The number of aromatic nitrogens is 2. The fourth-order valence-corrected chi connectivity index (χ4v) is 2.70. The van der Waals surface area contributed by atoms with Crippen LogP contribution in [0.4, 0.5) is 0 Å². The molecule has 1 aromatic carbocycles. The lowest BCUT2D eigenvalue weighted by atomic mass is 10.1. The van der Waals surface area contributed by atoms with Crippen LogP contribution in [0.5, 0.6) is 0 Å². The first kappa shape index (κ1) is 12.8. The van der Waals surface area contributed by atoms with Gasteiger partial charge >= 0.3 is 0 Å². The van der Waals surface area contributed by atoms with Crippen LogP contribution in [0.2, 0.25) is 0 Å². The van der Waals surface area contributed by atoms with Crippen LogP contribution in [-0.4, -0.2) is 21.7 Å². The monoisotopic (exact) mass is 318 g/mol. The van der Waals surface area contributed by atoms with Crippen molar-refractivity contribution in [1.82, 2.24) is 9.97 Å². The number of rotatable bonds is 3. The van der Waals surface area contributed by atoms with Crippen LogP contribution in [0, 0.1) is 6.92 Å². The van der Waals surface area contributed by atoms with Gasteiger partial charge in [-0.1, -0.05) is 34.1 Å². The molecule has 1 aliphatic carbocycles. The Bertz CT molecular complexity index is 623. The summed E-state index contributed by atoms with van der Waals surface area (Å²) in [6.07, 6.45) is 1.95. The van der Waals surface area contributed by atoms with Gasteiger partial charge in [-0.3, -0.25) is 0 Å². The molecule has 19 heavy (non-hydrogen) atoms. The molecule has 0 spiro atoms. The average molecular weight is 319 g/mol. The Hall–Kier alpha value is -1.26. The normalized spacial score (nSPS) is 16.4. The maximum absolute atomic E-state index is 9.53. The van der Waals surface area contributed by atoms with E-state index < -0.39 is 0 Å². The van der Waals surface area contributed by atoms with Gasteiger partial charge in [-0.25, -0.2) is 9.97 Å². The summed E-state index contributed by atoms with van der Waals surface area (Å²) < 4.78 is 1.02. The molecule has 1 fully saturated rings. The molecule has 1 heterocycles. The first-order valence-corrected chi connectivity index (χ1v) is 7.16. The molecule has 2 aromatic rings. The highest BCUT2D eigenvalue weighted by atomic mass is 79.9. The lowest BCUT2D eigenvalue weighted by Gasteiger charge is -2.13. The van der Waals surface area contributed by atoms with Gasteiger partial charge < -0.3 is 5.11 Å². The van der Waals surface area contributed by atoms with Crippen molar-refractivity contribution in [3.63, 3.8) is 0 Å². The molecule has 0 unspecified atom stereocenters. The molecule has 1 saturated carbocycles. The smallest absolute Gasteiger partial charge is 0.137 e. The maximum atomic E-state index is 9.53. The second kappa shape index (κ2) is 4.69. The minimum atomic E-state index is -0.192. The lowest BCUT2D eigenvalue weighted by molar-refractivity contribution is 0.249. The molecule has 0 aliphatic heterocycles. The molecule has 4 heteroatoms. The molecule has 0 radical (unpaired) electrons. The predicted octanol–water partition coefficient (Wildman–Crippen LogP) is 3.24. The van der Waals surface area contributed by atoms with Crippen molar-refractivity contribution < 1.29 is 5.11 Å². The van der Waals surface area contributed by atoms with Gasteiger partial charge in [-0.15, -0.1) is 0 Å². The first-order chi connectivity index (χ1) is 9.14. The molecule has 3 nitrogen and oxygen atoms in total. The van der Waals surface area contributed by atoms with E-state index in [4.69, 9.17) is 0 Å². The van der Waals surface area contributed by atoms with Gasteiger partial charge in [0.25, 0.3) is 0 Å². The van der Waals surface area contributed by atoms with Crippen molar-refractivity contribution in [3.05, 3.63) is 46.3 Å². The Morgan fingerprint density at radius 1 is 1.26 bits per heavy atom. The Labute approximate surface area is 120 Å². The highest BCUT2D eigenvalue weighted by Gasteiger charge is 2.46. The molecule has 0 atom stereocenters. The summed E-state index contributed by atoms with van der Waals surface area (Å²) in [7, 11) is 0. The van der Waals surface area contributed by atoms with Crippen LogP contribution in [0.25, 0.3) is 11.3 Å². The highest BCUT2D eigenvalue weighted by molar-refractivity contribution is 9.10. The van der Waals surface area contributed by atoms with Crippen molar-refractivity contribution in [2.75, 3.05) is 6.61 Å². The summed E-state index contributed by atoms with van der Waals surface area (Å²) in [5.74, 6) is 0.778. The molecule has 0 amide bonds. The van der Waals surface area contributed by atoms with Gasteiger partial charge in [0.1, 0.15) is 5.82 Å². The third-order valence-electron chi connectivity index (χ3n) is 3.63. The Balaban J connectivity index is 2.11. The minimum absolute atomic E-state index is 0.131. The van der Waals surface area contributed by atoms with Gasteiger partial charge in [0.15, 0.2) is 0 Å². The third-order valence-corrected chi connectivity index (χ3v) is 4.33. The van der Waals surface area contributed by atoms with Crippen LogP contribution < -0.4 is 0 Å². The van der Waals surface area contributed by atoms with Crippen molar-refractivity contribution >= 4 is 15.9 Å². The van der Waals surface area contributed by atoms with Gasteiger partial charge in [0, 0.05) is 15.7 Å². The maximum Gasteiger partial charge on any atom is 0.137 e. The quantitative estimate of drug-likeness (QED) is 0.945. The molecule has 0 bridgehead atoms. The van der Waals surface area contributed by atoms with Gasteiger partial charge in [0.05, 0.1) is 17.7 Å². The van der Waals surface area contributed by atoms with Crippen LogP contribution in [0.15, 0.2) is 34.8 Å². The van der Waals surface area contributed by atoms with Crippen LogP contribution in [-0.2, 0) is 5.41 Å². The summed E-state index contributed by atoms with van der Waals surface area (Å²) in [5.41, 5.74) is 2.72. The molecule has 98 valence electrons. The fourth-order valence-electron chi connectivity index (χ4n) is 2.22. The minimum Gasteiger partial charge on any atom is -0.395 e. The molecule has 3 rings (SSSR count). The Morgan fingerprint density at radius 3 is 2.63 bits per heavy atom. The average Bonchev–Trinajstić information content (AvgIpc) is 3.19. The molecule has 1 aliphatic rings. The van der Waals surface area contributed by atoms with E-state index in [-0.39, 0.29) is 12.0 Å². The van der Waals surface area contributed by atoms with Gasteiger partial charge in [-0.2, -0.15) is 0 Å². The first-order valence-electron chi connectivity index (χ1n) is 6.36. The third kappa shape index (κ3) is 2.30. The van der Waals surface area contributed by atoms with Crippen LogP contribution in [0.1, 0.15) is 24.4 Å². The molecule has 1 aromatic heterocycles. The Morgan fingerprint density at radius 2 is 2.00 bits per heavy atom. The standard InChI is InChI=1S/C15H15BrN2O/c1-10-8-13(11-4-2-3-5-12(11)16)18-14(17-10)15(9-19)6-7-15/h2-5,8,19H,6-7,9H2,1H3. The van der Waals surface area contributed by atoms with Crippen LogP contribution in [0.3, 0.4) is 0 Å². The molecular weight excluding hydrogens is 304 g/mol. The van der Waals surface area contributed by atoms with Crippen LogP contribution >= 0.6 is 15.9 Å². The number of hydrogen-bond acceptors (Lipinski definition) is 3. The number of halogens is 1. The number of aliphatic hydroxyl groups excluding tert-OH is 1. The Kier molecular flexibility index (Phi) is 3.15. The zero-order chi connectivity index (χ0) is 13.5. The number of nitrogens with zero attached hydrogens (tertiary/aromatic N) is 2. The van der Waals surface area contributed by atoms with E-state index >= 15 is 0 Å². The zero-order valence-electron chi connectivity index (χ0n) is 10.7. The van der Waals surface area contributed by atoms with E-state index in [1.165, 1.54) is 0 Å². The van der Waals surface area contributed by atoms with E-state index in [0.717, 1.165) is 40.1 Å². The summed E-state index contributed by atoms with van der Waals surface area (Å²) >= 11 is 3.56. The number of benzene rings is 1. The number of aryl methyl sites for hydroxylation is 1. The summed E-state index contributed by atoms with van der Waals surface area (Å²) in [4.78, 5) is 9.18. The van der Waals surface area contributed by atoms with Crippen molar-refractivity contribution in [2.24, 2.45) is 0 Å². The molecule has 1 N–H and O–H groups in total. The largest absolute Gasteiger partial charge is 0.395 e. The number of hydrogen-bond donors (Lipinski definition) is 1. The van der Waals surface area contributed by atoms with E-state index in [9.17, 15) is 5.11 Å². The van der Waals surface area contributed by atoms with E-state index in [1.807, 2.05) is 37.3 Å². The van der Waals surface area contributed by atoms with E-state index in [0.29, 0.717) is 0 Å². The van der Waals surface area contributed by atoms with Crippen molar-refractivity contribution in [3.8, 4) is 11.3 Å². The predicted molar refractivity (Wildman–Crippen MR) is 77.9 cm³/mol. The van der Waals surface area contributed by atoms with Gasteiger partial charge in [0.2, 0.25) is 0 Å². The SMILES string of the molecule is Cc1cc(-c2ccccc2Br)nc(C2(CO)CC2)n1. The zero-order valence-corrected chi connectivity index (χ0v) is 12.3. The van der Waals surface area contributed by atoms with E-state index in [1.54, 1.807) is 0 Å². The van der Waals surface area contributed by atoms with Crippen molar-refractivity contribution in [2.45, 2.75) is 25.2 Å². The van der Waals surface area contributed by atoms with E-state index in [2.05, 4.69) is 25.9 Å². The summed E-state index contributed by atoms with van der Waals surface area (Å²) in [6, 6.07) is 10.0. The fraction of sp³-hybridized carbons (Fsp3) is 0.333. The lowest BCUT2D eigenvalue weighted by Crippen LogP contribution is -2.17. The molecular formula is C15H15BrN2O. The van der Waals surface area contributed by atoms with Gasteiger partial charge in [-0.05, 0) is 31.9 Å². The second-order valence-electron chi connectivity index (χ2n) is 5.14. The highest BCUT2D eigenvalue weighted by Crippen LogP contribution is 2.46. The number of aliphatic hydroxyl groups is 1. The summed E-state index contributed by atoms with van der Waals surface area (Å²) in [5, 5.41) is 9.53. The second-order valence-corrected chi connectivity index (χ2v) is 5.99. The summed E-state index contributed by atoms with van der Waals surface area (Å²) in [6.45, 7) is 2.10. The van der Waals surface area contributed by atoms with Crippen molar-refractivity contribution in [1.29, 1.82) is 0 Å².